The molecule has 0 bridgehead atoms. The second-order valence-electron chi connectivity index (χ2n) is 6.38. The van der Waals surface area contributed by atoms with Crippen LogP contribution < -0.4 is 4.72 Å². The molecule has 2 aromatic carbocycles. The molecule has 9 heteroatoms. The van der Waals surface area contributed by atoms with Crippen molar-refractivity contribution >= 4 is 27.0 Å². The summed E-state index contributed by atoms with van der Waals surface area (Å²) in [6, 6.07) is 14.4. The van der Waals surface area contributed by atoms with Gasteiger partial charge in [-0.25, -0.2) is 12.8 Å². The normalized spacial score (nSPS) is 11.6. The fourth-order valence-electron chi connectivity index (χ4n) is 2.76. The SMILES string of the molecule is Cc1ccccc1NS(=O)(=O)c1cc(-c2nc(-c3ccc(F)cc3)no2)sc1C. The Morgan fingerprint density at radius 3 is 2.52 bits per heavy atom. The van der Waals surface area contributed by atoms with E-state index >= 15 is 0 Å². The number of hydrogen-bond acceptors (Lipinski definition) is 6. The Labute approximate surface area is 171 Å². The number of benzene rings is 2. The predicted octanol–water partition coefficient (Wildman–Crippen LogP) is 5.02. The van der Waals surface area contributed by atoms with Gasteiger partial charge in [0.15, 0.2) is 0 Å². The first-order valence-electron chi connectivity index (χ1n) is 8.62. The molecule has 0 amide bonds. The van der Waals surface area contributed by atoms with E-state index in [0.717, 1.165) is 5.56 Å². The maximum atomic E-state index is 13.1. The van der Waals surface area contributed by atoms with Gasteiger partial charge in [0.05, 0.1) is 10.6 Å². The van der Waals surface area contributed by atoms with Crippen molar-refractivity contribution in [1.82, 2.24) is 10.1 Å². The molecule has 2 heterocycles. The number of halogens is 1. The fraction of sp³-hybridized carbons (Fsp3) is 0.100. The maximum absolute atomic E-state index is 13.1. The first kappa shape index (κ1) is 19.3. The van der Waals surface area contributed by atoms with E-state index in [0.29, 0.717) is 26.8 Å². The molecule has 0 unspecified atom stereocenters. The number of anilines is 1. The molecule has 0 saturated carbocycles. The Kier molecular flexibility index (Phi) is 4.93. The summed E-state index contributed by atoms with van der Waals surface area (Å²) in [5, 5.41) is 3.91. The number of para-hydroxylation sites is 1. The van der Waals surface area contributed by atoms with Gasteiger partial charge in [-0.1, -0.05) is 23.4 Å². The lowest BCUT2D eigenvalue weighted by atomic mass is 10.2. The number of nitrogens with one attached hydrogen (secondary N) is 1. The number of nitrogens with zero attached hydrogens (tertiary/aromatic N) is 2. The van der Waals surface area contributed by atoms with Crippen LogP contribution in [0.5, 0.6) is 0 Å². The van der Waals surface area contributed by atoms with Crippen molar-refractivity contribution in [3.63, 3.8) is 0 Å². The molecule has 0 aliphatic rings. The summed E-state index contributed by atoms with van der Waals surface area (Å²) in [6.45, 7) is 3.55. The average molecular weight is 429 g/mol. The molecule has 0 aliphatic carbocycles. The number of thiophene rings is 1. The van der Waals surface area contributed by atoms with Gasteiger partial charge in [0.25, 0.3) is 15.9 Å². The second-order valence-corrected chi connectivity index (χ2v) is 9.29. The molecule has 4 rings (SSSR count). The van der Waals surface area contributed by atoms with Crippen molar-refractivity contribution < 1.29 is 17.3 Å². The van der Waals surface area contributed by atoms with Gasteiger partial charge in [-0.05, 0) is 55.8 Å². The number of sulfonamides is 1. The molecule has 1 N–H and O–H groups in total. The largest absolute Gasteiger partial charge is 0.333 e. The summed E-state index contributed by atoms with van der Waals surface area (Å²) in [7, 11) is -3.77. The summed E-state index contributed by atoms with van der Waals surface area (Å²) in [6.07, 6.45) is 0. The van der Waals surface area contributed by atoms with E-state index in [1.165, 1.54) is 29.5 Å². The zero-order valence-corrected chi connectivity index (χ0v) is 17.1. The summed E-state index contributed by atoms with van der Waals surface area (Å²) < 4.78 is 46.7. The second kappa shape index (κ2) is 7.41. The molecule has 29 heavy (non-hydrogen) atoms. The highest BCUT2D eigenvalue weighted by molar-refractivity contribution is 7.93. The molecule has 0 radical (unpaired) electrons. The molecule has 2 aromatic heterocycles. The van der Waals surface area contributed by atoms with Crippen LogP contribution in [-0.2, 0) is 10.0 Å². The summed E-state index contributed by atoms with van der Waals surface area (Å²) in [5.74, 6) is 0.144. The first-order valence-corrected chi connectivity index (χ1v) is 10.9. The first-order chi connectivity index (χ1) is 13.8. The monoisotopic (exact) mass is 429 g/mol. The van der Waals surface area contributed by atoms with Crippen LogP contribution in [-0.4, -0.2) is 18.6 Å². The Balaban J connectivity index is 1.64. The van der Waals surface area contributed by atoms with E-state index in [1.807, 2.05) is 19.1 Å². The Bertz CT molecular complexity index is 1280. The van der Waals surface area contributed by atoms with E-state index in [2.05, 4.69) is 14.9 Å². The predicted molar refractivity (Wildman–Crippen MR) is 110 cm³/mol. The quantitative estimate of drug-likeness (QED) is 0.481. The Morgan fingerprint density at radius 2 is 1.79 bits per heavy atom. The third-order valence-electron chi connectivity index (χ3n) is 4.29. The lowest BCUT2D eigenvalue weighted by Crippen LogP contribution is -2.13. The van der Waals surface area contributed by atoms with Crippen LogP contribution in [0.15, 0.2) is 64.0 Å². The minimum Gasteiger partial charge on any atom is -0.333 e. The van der Waals surface area contributed by atoms with E-state index in [1.54, 1.807) is 31.2 Å². The number of aromatic nitrogens is 2. The summed E-state index contributed by atoms with van der Waals surface area (Å²) in [4.78, 5) is 5.60. The minimum absolute atomic E-state index is 0.155. The topological polar surface area (TPSA) is 85.1 Å². The van der Waals surface area contributed by atoms with E-state index < -0.39 is 10.0 Å². The fourth-order valence-corrected chi connectivity index (χ4v) is 5.41. The molecule has 0 aliphatic heterocycles. The summed E-state index contributed by atoms with van der Waals surface area (Å²) >= 11 is 1.24. The van der Waals surface area contributed by atoms with Crippen molar-refractivity contribution in [2.24, 2.45) is 0 Å². The third kappa shape index (κ3) is 3.92. The van der Waals surface area contributed by atoms with Gasteiger partial charge in [-0.3, -0.25) is 4.72 Å². The van der Waals surface area contributed by atoms with Crippen molar-refractivity contribution in [3.05, 3.63) is 70.9 Å². The molecule has 6 nitrogen and oxygen atoms in total. The van der Waals surface area contributed by atoms with Gasteiger partial charge in [-0.15, -0.1) is 11.3 Å². The molecule has 0 spiro atoms. The highest BCUT2D eigenvalue weighted by Crippen LogP contribution is 2.34. The highest BCUT2D eigenvalue weighted by atomic mass is 32.2. The zero-order valence-electron chi connectivity index (χ0n) is 15.5. The van der Waals surface area contributed by atoms with Crippen LogP contribution >= 0.6 is 11.3 Å². The third-order valence-corrected chi connectivity index (χ3v) is 6.95. The van der Waals surface area contributed by atoms with Gasteiger partial charge in [0.1, 0.15) is 10.7 Å². The standard InChI is InChI=1S/C20H16FN3O3S2/c1-12-5-3-4-6-16(12)24-29(25,26)18-11-17(28-13(18)2)20-22-19(23-27-20)14-7-9-15(21)10-8-14/h3-11,24H,1-2H3. The van der Waals surface area contributed by atoms with Crippen LogP contribution in [0, 0.1) is 19.7 Å². The smallest absolute Gasteiger partial charge is 0.268 e. The molecule has 0 saturated heterocycles. The number of hydrogen-bond donors (Lipinski definition) is 1. The van der Waals surface area contributed by atoms with Crippen LogP contribution in [0.2, 0.25) is 0 Å². The van der Waals surface area contributed by atoms with Gasteiger partial charge >= 0.3 is 0 Å². The van der Waals surface area contributed by atoms with Gasteiger partial charge in [-0.2, -0.15) is 4.98 Å². The van der Waals surface area contributed by atoms with Crippen molar-refractivity contribution in [2.45, 2.75) is 18.7 Å². The van der Waals surface area contributed by atoms with Crippen LogP contribution in [0.1, 0.15) is 10.4 Å². The average Bonchev–Trinajstić information content (AvgIpc) is 3.31. The highest BCUT2D eigenvalue weighted by Gasteiger charge is 2.23. The minimum atomic E-state index is -3.77. The van der Waals surface area contributed by atoms with Gasteiger partial charge < -0.3 is 4.52 Å². The Morgan fingerprint density at radius 1 is 1.07 bits per heavy atom. The molecular formula is C20H16FN3O3S2. The van der Waals surface area contributed by atoms with Crippen molar-refractivity contribution in [3.8, 4) is 22.2 Å². The van der Waals surface area contributed by atoms with Gasteiger partial charge in [0, 0.05) is 10.4 Å². The number of rotatable bonds is 5. The van der Waals surface area contributed by atoms with E-state index in [4.69, 9.17) is 4.52 Å². The van der Waals surface area contributed by atoms with E-state index in [9.17, 15) is 12.8 Å². The number of aryl methyl sites for hydroxylation is 2. The maximum Gasteiger partial charge on any atom is 0.268 e. The lowest BCUT2D eigenvalue weighted by Gasteiger charge is -2.09. The molecule has 4 aromatic rings. The van der Waals surface area contributed by atoms with Gasteiger partial charge in [0.2, 0.25) is 5.82 Å². The summed E-state index contributed by atoms with van der Waals surface area (Å²) in [5.41, 5.74) is 1.95. The molecule has 148 valence electrons. The van der Waals surface area contributed by atoms with Crippen molar-refractivity contribution in [2.75, 3.05) is 4.72 Å². The molecular weight excluding hydrogens is 413 g/mol. The lowest BCUT2D eigenvalue weighted by molar-refractivity contribution is 0.433. The van der Waals surface area contributed by atoms with Crippen LogP contribution in [0.25, 0.3) is 22.2 Å². The van der Waals surface area contributed by atoms with Crippen LogP contribution in [0.4, 0.5) is 10.1 Å². The molecule has 0 fully saturated rings. The Hall–Kier alpha value is -3.04. The van der Waals surface area contributed by atoms with Crippen LogP contribution in [0.3, 0.4) is 0 Å². The molecule has 0 atom stereocenters. The van der Waals surface area contributed by atoms with Crippen molar-refractivity contribution in [1.29, 1.82) is 0 Å². The van der Waals surface area contributed by atoms with E-state index in [-0.39, 0.29) is 16.6 Å². The zero-order chi connectivity index (χ0) is 20.6.